The van der Waals surface area contributed by atoms with Crippen LogP contribution in [0.4, 0.5) is 0 Å². The van der Waals surface area contributed by atoms with Crippen molar-refractivity contribution in [3.63, 3.8) is 0 Å². The Morgan fingerprint density at radius 3 is 0.484 bits per heavy atom. The second-order valence-electron chi connectivity index (χ2n) is 14.1. The summed E-state index contributed by atoms with van der Waals surface area (Å²) in [5, 5.41) is 0. The third kappa shape index (κ3) is 10.1. The SMILES string of the molecule is O=Cc1cc2cc(c1)Oc1cccc(c1)Oc1cc(C=O)cc(c1)Oc1cccc(c1)Oc1cc(C=O)cc(c1)Oc1cccc(c1)Oc1cc(C=O)cc(c1)Oc1cccc(c1)O2. The van der Waals surface area contributed by atoms with Gasteiger partial charge in [-0.3, -0.25) is 19.2 Å². The monoisotopic (exact) mass is 848 g/mol. The van der Waals surface area contributed by atoms with Crippen molar-refractivity contribution < 1.29 is 57.1 Å². The van der Waals surface area contributed by atoms with Crippen LogP contribution in [-0.2, 0) is 0 Å². The molecule has 312 valence electrons. The molecule has 64 heavy (non-hydrogen) atoms. The smallest absolute Gasteiger partial charge is 0.150 e. The summed E-state index contributed by atoms with van der Waals surface area (Å²) in [5.74, 6) is 5.60. The highest BCUT2D eigenvalue weighted by molar-refractivity contribution is 5.79. The molecule has 1 aliphatic heterocycles. The predicted molar refractivity (Wildman–Crippen MR) is 234 cm³/mol. The number of rotatable bonds is 4. The molecule has 12 heteroatoms. The first-order chi connectivity index (χ1) is 31.3. The molecule has 0 aromatic heterocycles. The lowest BCUT2D eigenvalue weighted by molar-refractivity contribution is 0.111. The summed E-state index contributed by atoms with van der Waals surface area (Å²) >= 11 is 0. The fourth-order valence-electron chi connectivity index (χ4n) is 6.61. The molecule has 0 amide bonds. The van der Waals surface area contributed by atoms with Crippen molar-refractivity contribution in [1.29, 1.82) is 0 Å². The maximum absolute atomic E-state index is 12.0. The summed E-state index contributed by atoms with van der Waals surface area (Å²) in [6.45, 7) is 0. The van der Waals surface area contributed by atoms with Gasteiger partial charge in [0.05, 0.1) is 0 Å². The lowest BCUT2D eigenvalue weighted by Crippen LogP contribution is -1.94. The van der Waals surface area contributed by atoms with Crippen molar-refractivity contribution >= 4 is 25.1 Å². The first kappa shape index (κ1) is 40.3. The van der Waals surface area contributed by atoms with E-state index in [-0.39, 0.29) is 0 Å². The van der Waals surface area contributed by atoms with E-state index in [1.54, 1.807) is 170 Å². The van der Waals surface area contributed by atoms with Crippen LogP contribution in [0.15, 0.2) is 170 Å². The number of fused-ring (bicyclic) bond motifs is 16. The average molecular weight is 849 g/mol. The predicted octanol–water partition coefficient (Wildman–Crippen LogP) is 13.6. The van der Waals surface area contributed by atoms with Crippen LogP contribution < -0.4 is 37.9 Å². The van der Waals surface area contributed by atoms with Gasteiger partial charge in [0.15, 0.2) is 0 Å². The van der Waals surface area contributed by atoms with Gasteiger partial charge in [0.25, 0.3) is 0 Å². The van der Waals surface area contributed by atoms with Crippen LogP contribution >= 0.6 is 0 Å². The number of carbonyl (C=O) groups excluding carboxylic acids is 4. The minimum Gasteiger partial charge on any atom is -0.457 e. The van der Waals surface area contributed by atoms with Crippen molar-refractivity contribution in [1.82, 2.24) is 0 Å². The lowest BCUT2D eigenvalue weighted by atomic mass is 10.2. The number of aldehydes is 4. The van der Waals surface area contributed by atoms with E-state index in [0.717, 1.165) is 0 Å². The molecule has 0 fully saturated rings. The molecule has 0 spiro atoms. The lowest BCUT2D eigenvalue weighted by Gasteiger charge is -2.14. The van der Waals surface area contributed by atoms with E-state index in [4.69, 9.17) is 37.9 Å². The molecule has 0 unspecified atom stereocenters. The topological polar surface area (TPSA) is 142 Å². The maximum Gasteiger partial charge on any atom is 0.150 e. The third-order valence-electron chi connectivity index (χ3n) is 9.26. The quantitative estimate of drug-likeness (QED) is 0.156. The number of carbonyl (C=O) groups is 4. The van der Waals surface area contributed by atoms with Gasteiger partial charge in [0.1, 0.15) is 117 Å². The van der Waals surface area contributed by atoms with Crippen LogP contribution in [0.1, 0.15) is 41.4 Å². The average Bonchev–Trinajstić information content (AvgIpc) is 3.29. The highest BCUT2D eigenvalue weighted by atomic mass is 16.5. The second kappa shape index (κ2) is 18.2. The highest BCUT2D eigenvalue weighted by Crippen LogP contribution is 2.38. The zero-order valence-corrected chi connectivity index (χ0v) is 33.4. The van der Waals surface area contributed by atoms with Crippen LogP contribution in [-0.4, -0.2) is 25.1 Å². The Kier molecular flexibility index (Phi) is 11.5. The maximum atomic E-state index is 12.0. The van der Waals surface area contributed by atoms with Gasteiger partial charge in [-0.05, 0) is 97.1 Å². The Morgan fingerprint density at radius 2 is 0.344 bits per heavy atom. The van der Waals surface area contributed by atoms with E-state index >= 15 is 0 Å². The van der Waals surface area contributed by atoms with Gasteiger partial charge in [-0.2, -0.15) is 0 Å². The minimum absolute atomic E-state index is 0.302. The van der Waals surface area contributed by atoms with Gasteiger partial charge in [0, 0.05) is 70.8 Å². The van der Waals surface area contributed by atoms with Gasteiger partial charge < -0.3 is 37.9 Å². The molecule has 0 atom stereocenters. The Bertz CT molecular complexity index is 2500. The Morgan fingerprint density at radius 1 is 0.203 bits per heavy atom. The second-order valence-corrected chi connectivity index (χ2v) is 14.1. The number of hydrogen-bond acceptors (Lipinski definition) is 12. The van der Waals surface area contributed by atoms with Crippen LogP contribution in [0.5, 0.6) is 92.0 Å². The molecular formula is C52H32O12. The molecule has 8 aromatic rings. The standard InChI is InChI=1S/C52H32O12/c53-29-33-13-45-25-47(15-33)59-39-7-2-9-41(22-39)61-49-17-35(31-55)19-51(27-49)63-43-11-4-12-44(24-43)64-52-20-36(32-56)18-50(28-52)62-42-10-3-8-40(23-42)60-48-16-34(30-54)14-46(26-48)58-38-6-1-5-37(21-38)57-45/h1-32H. The largest absolute Gasteiger partial charge is 0.457 e. The van der Waals surface area contributed by atoms with Gasteiger partial charge in [-0.25, -0.2) is 0 Å². The van der Waals surface area contributed by atoms with Crippen molar-refractivity contribution in [2.24, 2.45) is 0 Å². The van der Waals surface area contributed by atoms with E-state index in [1.165, 1.54) is 0 Å². The van der Waals surface area contributed by atoms with Gasteiger partial charge in [-0.1, -0.05) is 24.3 Å². The highest BCUT2D eigenvalue weighted by Gasteiger charge is 2.13. The van der Waals surface area contributed by atoms with Crippen molar-refractivity contribution in [2.45, 2.75) is 0 Å². The summed E-state index contributed by atoms with van der Waals surface area (Å²) in [6, 6.07) is 46.3. The summed E-state index contributed by atoms with van der Waals surface area (Å²) < 4.78 is 49.4. The molecule has 9 rings (SSSR count). The van der Waals surface area contributed by atoms with E-state index in [9.17, 15) is 19.2 Å². The van der Waals surface area contributed by atoms with Crippen LogP contribution in [0, 0.1) is 0 Å². The van der Waals surface area contributed by atoms with E-state index in [1.807, 2.05) is 0 Å². The van der Waals surface area contributed by atoms with Crippen molar-refractivity contribution in [2.75, 3.05) is 0 Å². The minimum atomic E-state index is 0.302. The number of hydrogen-bond donors (Lipinski definition) is 0. The van der Waals surface area contributed by atoms with E-state index < -0.39 is 0 Å². The normalized spacial score (nSPS) is 11.8. The van der Waals surface area contributed by atoms with Crippen molar-refractivity contribution in [3.05, 3.63) is 192 Å². The molecule has 0 N–H and O–H groups in total. The third-order valence-corrected chi connectivity index (χ3v) is 9.26. The molecule has 16 bridgehead atoms. The van der Waals surface area contributed by atoms with Crippen molar-refractivity contribution in [3.8, 4) is 92.0 Å². The molecule has 0 aliphatic carbocycles. The summed E-state index contributed by atoms with van der Waals surface area (Å²) in [7, 11) is 0. The van der Waals surface area contributed by atoms with Crippen LogP contribution in [0.2, 0.25) is 0 Å². The molecule has 0 saturated heterocycles. The Hall–Kier alpha value is -9.16. The molecule has 0 radical (unpaired) electrons. The molecule has 8 aromatic carbocycles. The fourth-order valence-corrected chi connectivity index (χ4v) is 6.61. The zero-order valence-electron chi connectivity index (χ0n) is 33.4. The number of ether oxygens (including phenoxy) is 8. The van der Waals surface area contributed by atoms with E-state index in [2.05, 4.69) is 0 Å². The Labute approximate surface area is 365 Å². The van der Waals surface area contributed by atoms with Gasteiger partial charge in [0.2, 0.25) is 0 Å². The zero-order chi connectivity index (χ0) is 43.8. The molecule has 1 heterocycles. The molecular weight excluding hydrogens is 817 g/mol. The molecule has 0 saturated carbocycles. The summed E-state index contributed by atoms with van der Waals surface area (Å²) in [5.41, 5.74) is 1.21. The van der Waals surface area contributed by atoms with Gasteiger partial charge >= 0.3 is 0 Å². The fraction of sp³-hybridized carbons (Fsp3) is 0. The number of benzene rings is 8. The van der Waals surface area contributed by atoms with Crippen LogP contribution in [0.3, 0.4) is 0 Å². The summed E-state index contributed by atoms with van der Waals surface area (Å²) in [6.07, 6.45) is 2.73. The Balaban J connectivity index is 1.08. The summed E-state index contributed by atoms with van der Waals surface area (Å²) in [4.78, 5) is 48.1. The molecule has 12 nitrogen and oxygen atoms in total. The van der Waals surface area contributed by atoms with Crippen LogP contribution in [0.25, 0.3) is 0 Å². The van der Waals surface area contributed by atoms with E-state index in [0.29, 0.717) is 139 Å². The molecule has 1 aliphatic rings. The first-order valence-corrected chi connectivity index (χ1v) is 19.6. The van der Waals surface area contributed by atoms with Gasteiger partial charge in [-0.15, -0.1) is 0 Å². The first-order valence-electron chi connectivity index (χ1n) is 19.6.